The molecule has 0 heterocycles. The molecule has 0 fully saturated rings. The Bertz CT molecular complexity index is 378. The Hall–Kier alpha value is -0.910. The number of hydrogen-bond donors (Lipinski definition) is 2. The second kappa shape index (κ2) is 5.98. The van der Waals surface area contributed by atoms with E-state index in [1.807, 2.05) is 6.07 Å². The highest BCUT2D eigenvalue weighted by atomic mass is 79.9. The van der Waals surface area contributed by atoms with Crippen molar-refractivity contribution in [2.75, 3.05) is 13.2 Å². The normalized spacial score (nSPS) is 12.2. The zero-order chi connectivity index (χ0) is 12.1. The minimum absolute atomic E-state index is 0.0419. The highest BCUT2D eigenvalue weighted by molar-refractivity contribution is 9.10. The van der Waals surface area contributed by atoms with Gasteiger partial charge in [-0.05, 0) is 24.6 Å². The molecule has 16 heavy (non-hydrogen) atoms. The van der Waals surface area contributed by atoms with Crippen LogP contribution in [0.2, 0.25) is 0 Å². The van der Waals surface area contributed by atoms with Gasteiger partial charge in [0.25, 0.3) is 0 Å². The molecule has 0 spiro atoms. The molecule has 0 radical (unpaired) electrons. The Morgan fingerprint density at radius 1 is 1.56 bits per heavy atom. The summed E-state index contributed by atoms with van der Waals surface area (Å²) in [6.07, 6.45) is -0.249. The number of rotatable bonds is 5. The van der Waals surface area contributed by atoms with Gasteiger partial charge in [0, 0.05) is 4.47 Å². The first-order valence-corrected chi connectivity index (χ1v) is 5.54. The van der Waals surface area contributed by atoms with Gasteiger partial charge in [-0.3, -0.25) is 4.79 Å². The van der Waals surface area contributed by atoms with Crippen molar-refractivity contribution in [3.05, 3.63) is 27.7 Å². The molecule has 0 aromatic heterocycles. The lowest BCUT2D eigenvalue weighted by atomic mass is 10.1. The van der Waals surface area contributed by atoms with Crippen LogP contribution in [0, 0.1) is 6.92 Å². The molecule has 0 aliphatic carbocycles. The molecule has 0 bridgehead atoms. The van der Waals surface area contributed by atoms with Gasteiger partial charge in [-0.2, -0.15) is 0 Å². The zero-order valence-electron chi connectivity index (χ0n) is 8.81. The molecule has 0 aliphatic heterocycles. The fourth-order valence-corrected chi connectivity index (χ4v) is 1.86. The Morgan fingerprint density at radius 2 is 2.25 bits per heavy atom. The maximum absolute atomic E-state index is 10.8. The van der Waals surface area contributed by atoms with Crippen molar-refractivity contribution in [1.29, 1.82) is 0 Å². The van der Waals surface area contributed by atoms with Gasteiger partial charge in [0.15, 0.2) is 6.29 Å². The van der Waals surface area contributed by atoms with E-state index in [1.165, 1.54) is 0 Å². The molecule has 0 saturated carbocycles. The standard InChI is InChI=1S/C11H13BrO4/c1-7-2-9(12)3-8(4-13)11(7)16-6-10(15)5-14/h2-4,10,14-15H,5-6H2,1H3. The largest absolute Gasteiger partial charge is 0.490 e. The number of carbonyl (C=O) groups is 1. The zero-order valence-corrected chi connectivity index (χ0v) is 10.4. The van der Waals surface area contributed by atoms with E-state index in [1.54, 1.807) is 13.0 Å². The van der Waals surface area contributed by atoms with E-state index in [2.05, 4.69) is 15.9 Å². The molecule has 4 nitrogen and oxygen atoms in total. The van der Waals surface area contributed by atoms with E-state index in [-0.39, 0.29) is 13.2 Å². The first-order chi connectivity index (χ1) is 7.58. The van der Waals surface area contributed by atoms with Gasteiger partial charge in [0.1, 0.15) is 18.5 Å². The quantitative estimate of drug-likeness (QED) is 0.802. The van der Waals surface area contributed by atoms with Crippen molar-refractivity contribution in [2.24, 2.45) is 0 Å². The molecular formula is C11H13BrO4. The fraction of sp³-hybridized carbons (Fsp3) is 0.364. The van der Waals surface area contributed by atoms with E-state index in [9.17, 15) is 4.79 Å². The fourth-order valence-electron chi connectivity index (χ4n) is 1.27. The summed E-state index contributed by atoms with van der Waals surface area (Å²) in [5, 5.41) is 17.8. The Morgan fingerprint density at radius 3 is 2.81 bits per heavy atom. The molecule has 1 rings (SSSR count). The number of aldehydes is 1. The molecule has 1 atom stereocenters. The molecule has 0 saturated heterocycles. The average molecular weight is 289 g/mol. The van der Waals surface area contributed by atoms with Crippen LogP contribution in [0.15, 0.2) is 16.6 Å². The van der Waals surface area contributed by atoms with Crippen LogP contribution in [0.4, 0.5) is 0 Å². The molecule has 1 aromatic rings. The lowest BCUT2D eigenvalue weighted by Gasteiger charge is -2.14. The highest BCUT2D eigenvalue weighted by Crippen LogP contribution is 2.26. The third kappa shape index (κ3) is 3.30. The minimum Gasteiger partial charge on any atom is -0.490 e. The number of ether oxygens (including phenoxy) is 1. The molecule has 2 N–H and O–H groups in total. The van der Waals surface area contributed by atoms with Gasteiger partial charge in [-0.15, -0.1) is 0 Å². The first-order valence-electron chi connectivity index (χ1n) is 4.75. The van der Waals surface area contributed by atoms with Crippen molar-refractivity contribution in [1.82, 2.24) is 0 Å². The van der Waals surface area contributed by atoms with E-state index in [4.69, 9.17) is 14.9 Å². The van der Waals surface area contributed by atoms with Crippen molar-refractivity contribution >= 4 is 22.2 Å². The van der Waals surface area contributed by atoms with Crippen LogP contribution in [0.25, 0.3) is 0 Å². The van der Waals surface area contributed by atoms with Crippen LogP contribution >= 0.6 is 15.9 Å². The van der Waals surface area contributed by atoms with Crippen molar-refractivity contribution < 1.29 is 19.7 Å². The Kier molecular flexibility index (Phi) is 4.92. The summed E-state index contributed by atoms with van der Waals surface area (Å²) in [5.41, 5.74) is 1.21. The number of benzene rings is 1. The van der Waals surface area contributed by atoms with Crippen LogP contribution in [0.3, 0.4) is 0 Å². The third-order valence-corrected chi connectivity index (χ3v) is 2.48. The summed E-state index contributed by atoms with van der Waals surface area (Å²) in [6, 6.07) is 3.45. The summed E-state index contributed by atoms with van der Waals surface area (Å²) < 4.78 is 6.10. The molecule has 1 aromatic carbocycles. The molecular weight excluding hydrogens is 276 g/mol. The summed E-state index contributed by atoms with van der Waals surface area (Å²) in [7, 11) is 0. The van der Waals surface area contributed by atoms with Gasteiger partial charge >= 0.3 is 0 Å². The van der Waals surface area contributed by atoms with Crippen molar-refractivity contribution in [3.63, 3.8) is 0 Å². The Balaban J connectivity index is 2.89. The second-order valence-electron chi connectivity index (χ2n) is 3.41. The molecule has 0 aliphatic rings. The van der Waals surface area contributed by atoms with Crippen LogP contribution in [0.1, 0.15) is 15.9 Å². The maximum Gasteiger partial charge on any atom is 0.153 e. The summed E-state index contributed by atoms with van der Waals surface area (Å²) in [6.45, 7) is 1.39. The summed E-state index contributed by atoms with van der Waals surface area (Å²) >= 11 is 3.28. The monoisotopic (exact) mass is 288 g/mol. The topological polar surface area (TPSA) is 66.8 Å². The predicted molar refractivity (Wildman–Crippen MR) is 62.9 cm³/mol. The number of aliphatic hydroxyl groups is 2. The van der Waals surface area contributed by atoms with E-state index in [0.717, 1.165) is 10.0 Å². The van der Waals surface area contributed by atoms with E-state index in [0.29, 0.717) is 17.6 Å². The number of aliphatic hydroxyl groups excluding tert-OH is 2. The molecule has 88 valence electrons. The molecule has 5 heteroatoms. The first kappa shape index (κ1) is 13.2. The smallest absolute Gasteiger partial charge is 0.153 e. The van der Waals surface area contributed by atoms with Gasteiger partial charge in [-0.25, -0.2) is 0 Å². The number of carbonyl (C=O) groups excluding carboxylic acids is 1. The third-order valence-electron chi connectivity index (χ3n) is 2.03. The van der Waals surface area contributed by atoms with Crippen LogP contribution in [-0.4, -0.2) is 35.8 Å². The van der Waals surface area contributed by atoms with Crippen LogP contribution in [0.5, 0.6) is 5.75 Å². The summed E-state index contributed by atoms with van der Waals surface area (Å²) in [5.74, 6) is 0.436. The maximum atomic E-state index is 10.8. The van der Waals surface area contributed by atoms with Gasteiger partial charge in [-0.1, -0.05) is 15.9 Å². The molecule has 0 amide bonds. The lowest BCUT2D eigenvalue weighted by Crippen LogP contribution is -2.22. The van der Waals surface area contributed by atoms with Crippen molar-refractivity contribution in [2.45, 2.75) is 13.0 Å². The van der Waals surface area contributed by atoms with Crippen LogP contribution in [-0.2, 0) is 0 Å². The predicted octanol–water partition coefficient (Wildman–Crippen LogP) is 1.30. The number of hydrogen-bond acceptors (Lipinski definition) is 4. The van der Waals surface area contributed by atoms with E-state index >= 15 is 0 Å². The Labute approximate surface area is 102 Å². The van der Waals surface area contributed by atoms with Gasteiger partial charge in [0.2, 0.25) is 0 Å². The average Bonchev–Trinajstić information content (AvgIpc) is 2.26. The lowest BCUT2D eigenvalue weighted by molar-refractivity contribution is 0.0531. The van der Waals surface area contributed by atoms with Gasteiger partial charge < -0.3 is 14.9 Å². The highest BCUT2D eigenvalue weighted by Gasteiger charge is 2.10. The van der Waals surface area contributed by atoms with Crippen LogP contribution < -0.4 is 4.74 Å². The van der Waals surface area contributed by atoms with E-state index < -0.39 is 6.10 Å². The minimum atomic E-state index is -0.942. The SMILES string of the molecule is Cc1cc(Br)cc(C=O)c1OCC(O)CO. The molecule has 1 unspecified atom stereocenters. The summed E-state index contributed by atoms with van der Waals surface area (Å²) in [4.78, 5) is 10.8. The number of halogens is 1. The van der Waals surface area contributed by atoms with Gasteiger partial charge in [0.05, 0.1) is 12.2 Å². The number of aryl methyl sites for hydroxylation is 1. The second-order valence-corrected chi connectivity index (χ2v) is 4.32. The van der Waals surface area contributed by atoms with Crippen molar-refractivity contribution in [3.8, 4) is 5.75 Å².